The van der Waals surface area contributed by atoms with Crippen LogP contribution < -0.4 is 5.73 Å². The van der Waals surface area contributed by atoms with E-state index in [0.29, 0.717) is 16.9 Å². The molecule has 16 heavy (non-hydrogen) atoms. The molecule has 0 aliphatic carbocycles. The Morgan fingerprint density at radius 2 is 2.19 bits per heavy atom. The summed E-state index contributed by atoms with van der Waals surface area (Å²) in [5.41, 5.74) is 8.52. The van der Waals surface area contributed by atoms with Crippen LogP contribution in [0.15, 0.2) is 30.7 Å². The van der Waals surface area contributed by atoms with Crippen LogP contribution in [0.4, 0.5) is 5.69 Å². The van der Waals surface area contributed by atoms with E-state index in [9.17, 15) is 4.79 Å². The summed E-state index contributed by atoms with van der Waals surface area (Å²) in [6, 6.07) is 5.28. The second kappa shape index (κ2) is 3.81. The van der Waals surface area contributed by atoms with Gasteiger partial charge in [-0.1, -0.05) is 0 Å². The summed E-state index contributed by atoms with van der Waals surface area (Å²) < 4.78 is 1.70. The fraction of sp³-hybridized carbons (Fsp3) is 0.167. The van der Waals surface area contributed by atoms with Crippen LogP contribution in [0.2, 0.25) is 0 Å². The van der Waals surface area contributed by atoms with Gasteiger partial charge in [0.2, 0.25) is 5.78 Å². The summed E-state index contributed by atoms with van der Waals surface area (Å²) in [5.74, 6) is -0.0388. The second-order valence-corrected chi connectivity index (χ2v) is 3.79. The molecular formula is C12H13N3O. The molecule has 0 saturated carbocycles. The Kier molecular flexibility index (Phi) is 2.48. The Bertz CT molecular complexity index is 543. The number of carbonyl (C=O) groups is 1. The van der Waals surface area contributed by atoms with E-state index in [1.54, 1.807) is 42.3 Å². The van der Waals surface area contributed by atoms with E-state index >= 15 is 0 Å². The van der Waals surface area contributed by atoms with Gasteiger partial charge in [-0.2, -0.15) is 0 Å². The topological polar surface area (TPSA) is 60.9 Å². The van der Waals surface area contributed by atoms with Crippen molar-refractivity contribution in [2.45, 2.75) is 6.92 Å². The summed E-state index contributed by atoms with van der Waals surface area (Å²) in [4.78, 5) is 16.0. The van der Waals surface area contributed by atoms with E-state index in [1.165, 1.54) is 0 Å². The van der Waals surface area contributed by atoms with Gasteiger partial charge in [0.1, 0.15) is 5.69 Å². The number of nitrogens with two attached hydrogens (primary N) is 1. The monoisotopic (exact) mass is 215 g/mol. The molecule has 0 amide bonds. The molecule has 4 heteroatoms. The van der Waals surface area contributed by atoms with Crippen molar-refractivity contribution < 1.29 is 4.79 Å². The predicted molar refractivity (Wildman–Crippen MR) is 62.2 cm³/mol. The van der Waals surface area contributed by atoms with Gasteiger partial charge < -0.3 is 10.3 Å². The number of rotatable bonds is 2. The number of nitrogen functional groups attached to an aromatic ring is 1. The van der Waals surface area contributed by atoms with Crippen molar-refractivity contribution >= 4 is 11.5 Å². The van der Waals surface area contributed by atoms with Gasteiger partial charge >= 0.3 is 0 Å². The number of ketones is 1. The van der Waals surface area contributed by atoms with Crippen molar-refractivity contribution in [3.63, 3.8) is 0 Å². The first-order chi connectivity index (χ1) is 7.59. The molecule has 2 N–H and O–H groups in total. The third-order valence-electron chi connectivity index (χ3n) is 2.58. The SMILES string of the molecule is Cc1cc(C(=O)c2cncn2C)ccc1N. The minimum absolute atomic E-state index is 0.0388. The van der Waals surface area contributed by atoms with Gasteiger partial charge in [-0.05, 0) is 30.7 Å². The average Bonchev–Trinajstić information content (AvgIpc) is 2.67. The third-order valence-corrected chi connectivity index (χ3v) is 2.58. The molecule has 4 nitrogen and oxygen atoms in total. The molecule has 1 aromatic heterocycles. The number of anilines is 1. The van der Waals surface area contributed by atoms with Crippen molar-refractivity contribution in [2.75, 3.05) is 5.73 Å². The van der Waals surface area contributed by atoms with Crippen molar-refractivity contribution in [1.82, 2.24) is 9.55 Å². The summed E-state index contributed by atoms with van der Waals surface area (Å²) in [5, 5.41) is 0. The number of aryl methyl sites for hydroxylation is 2. The van der Waals surface area contributed by atoms with E-state index in [1.807, 2.05) is 6.92 Å². The summed E-state index contributed by atoms with van der Waals surface area (Å²) in [6.07, 6.45) is 3.17. The van der Waals surface area contributed by atoms with E-state index in [-0.39, 0.29) is 5.78 Å². The van der Waals surface area contributed by atoms with Crippen molar-refractivity contribution in [3.05, 3.63) is 47.5 Å². The molecule has 2 aromatic rings. The molecule has 0 aliphatic heterocycles. The number of benzene rings is 1. The molecule has 1 heterocycles. The van der Waals surface area contributed by atoms with E-state index < -0.39 is 0 Å². The van der Waals surface area contributed by atoms with Gasteiger partial charge in [-0.25, -0.2) is 4.98 Å². The van der Waals surface area contributed by atoms with Gasteiger partial charge in [-0.3, -0.25) is 4.79 Å². The lowest BCUT2D eigenvalue weighted by atomic mass is 10.0. The zero-order chi connectivity index (χ0) is 11.7. The van der Waals surface area contributed by atoms with Gasteiger partial charge in [-0.15, -0.1) is 0 Å². The molecule has 0 fully saturated rings. The number of nitrogens with zero attached hydrogens (tertiary/aromatic N) is 2. The largest absolute Gasteiger partial charge is 0.399 e. The molecule has 0 spiro atoms. The molecule has 0 radical (unpaired) electrons. The Balaban J connectivity index is 2.42. The van der Waals surface area contributed by atoms with E-state index in [4.69, 9.17) is 5.73 Å². The third kappa shape index (κ3) is 1.69. The van der Waals surface area contributed by atoms with Crippen LogP contribution in [-0.2, 0) is 7.05 Å². The molecule has 0 unspecified atom stereocenters. The van der Waals surface area contributed by atoms with E-state index in [0.717, 1.165) is 5.56 Å². The van der Waals surface area contributed by atoms with Crippen LogP contribution in [0.25, 0.3) is 0 Å². The maximum atomic E-state index is 12.1. The van der Waals surface area contributed by atoms with Crippen LogP contribution in [0, 0.1) is 6.92 Å². The summed E-state index contributed by atoms with van der Waals surface area (Å²) in [7, 11) is 1.80. The standard InChI is InChI=1S/C12H13N3O/c1-8-5-9(3-4-10(8)13)12(16)11-6-14-7-15(11)2/h3-7H,13H2,1-2H3. The van der Waals surface area contributed by atoms with Crippen molar-refractivity contribution in [3.8, 4) is 0 Å². The highest BCUT2D eigenvalue weighted by atomic mass is 16.1. The number of imidazole rings is 1. The zero-order valence-corrected chi connectivity index (χ0v) is 9.27. The van der Waals surface area contributed by atoms with Gasteiger partial charge in [0.05, 0.1) is 12.5 Å². The predicted octanol–water partition coefficient (Wildman–Crippen LogP) is 1.54. The average molecular weight is 215 g/mol. The molecule has 82 valence electrons. The Morgan fingerprint density at radius 1 is 1.44 bits per heavy atom. The maximum Gasteiger partial charge on any atom is 0.211 e. The Hall–Kier alpha value is -2.10. The molecule has 2 rings (SSSR count). The summed E-state index contributed by atoms with van der Waals surface area (Å²) in [6.45, 7) is 1.88. The molecule has 1 aromatic carbocycles. The van der Waals surface area contributed by atoms with Crippen LogP contribution in [0.3, 0.4) is 0 Å². The molecular weight excluding hydrogens is 202 g/mol. The summed E-state index contributed by atoms with van der Waals surface area (Å²) >= 11 is 0. The number of hydrogen-bond donors (Lipinski definition) is 1. The number of hydrogen-bond acceptors (Lipinski definition) is 3. The van der Waals surface area contributed by atoms with Gasteiger partial charge in [0.25, 0.3) is 0 Å². The second-order valence-electron chi connectivity index (χ2n) is 3.79. The smallest absolute Gasteiger partial charge is 0.211 e. The number of aromatic nitrogens is 2. The lowest BCUT2D eigenvalue weighted by Gasteiger charge is -2.04. The maximum absolute atomic E-state index is 12.1. The molecule has 0 atom stereocenters. The molecule has 0 bridgehead atoms. The van der Waals surface area contributed by atoms with Crippen LogP contribution in [0.1, 0.15) is 21.6 Å². The van der Waals surface area contributed by atoms with Crippen LogP contribution >= 0.6 is 0 Å². The normalized spacial score (nSPS) is 10.4. The lowest BCUT2D eigenvalue weighted by molar-refractivity contribution is 0.103. The van der Waals surface area contributed by atoms with Crippen LogP contribution in [-0.4, -0.2) is 15.3 Å². The minimum atomic E-state index is -0.0388. The Labute approximate surface area is 93.7 Å². The van der Waals surface area contributed by atoms with Crippen molar-refractivity contribution in [2.24, 2.45) is 7.05 Å². The lowest BCUT2D eigenvalue weighted by Crippen LogP contribution is -2.07. The zero-order valence-electron chi connectivity index (χ0n) is 9.27. The Morgan fingerprint density at radius 3 is 2.75 bits per heavy atom. The number of carbonyl (C=O) groups excluding carboxylic acids is 1. The highest BCUT2D eigenvalue weighted by Crippen LogP contribution is 2.15. The fourth-order valence-electron chi connectivity index (χ4n) is 1.54. The van der Waals surface area contributed by atoms with Gasteiger partial charge in [0, 0.05) is 18.3 Å². The minimum Gasteiger partial charge on any atom is -0.399 e. The fourth-order valence-corrected chi connectivity index (χ4v) is 1.54. The van der Waals surface area contributed by atoms with Gasteiger partial charge in [0.15, 0.2) is 0 Å². The first-order valence-electron chi connectivity index (χ1n) is 4.96. The molecule has 0 aliphatic rings. The first kappa shape index (κ1) is 10.4. The van der Waals surface area contributed by atoms with Crippen LogP contribution in [0.5, 0.6) is 0 Å². The highest BCUT2D eigenvalue weighted by molar-refractivity contribution is 6.08. The quantitative estimate of drug-likeness (QED) is 0.610. The van der Waals surface area contributed by atoms with E-state index in [2.05, 4.69) is 4.98 Å². The van der Waals surface area contributed by atoms with Crippen molar-refractivity contribution in [1.29, 1.82) is 0 Å². The first-order valence-corrected chi connectivity index (χ1v) is 4.96. The highest BCUT2D eigenvalue weighted by Gasteiger charge is 2.12. The molecule has 0 saturated heterocycles.